The first-order chi connectivity index (χ1) is 8.79. The van der Waals surface area contributed by atoms with Gasteiger partial charge < -0.3 is 0 Å². The molecule has 1 aromatic carbocycles. The van der Waals surface area contributed by atoms with Crippen LogP contribution in [0, 0.1) is 13.8 Å². The van der Waals surface area contributed by atoms with Crippen molar-refractivity contribution in [3.8, 4) is 0 Å². The predicted molar refractivity (Wildman–Crippen MR) is 89.7 cm³/mol. The van der Waals surface area contributed by atoms with Gasteiger partial charge in [0, 0.05) is 9.75 Å². The highest BCUT2D eigenvalue weighted by Gasteiger charge is 2.19. The summed E-state index contributed by atoms with van der Waals surface area (Å²) in [5.74, 6) is 0. The van der Waals surface area contributed by atoms with E-state index >= 15 is 0 Å². The molecular formula is C17H21BrS. The van der Waals surface area contributed by atoms with Crippen molar-refractivity contribution in [1.82, 2.24) is 0 Å². The minimum Gasteiger partial charge on any atom is -0.143 e. The van der Waals surface area contributed by atoms with E-state index in [1.54, 1.807) is 0 Å². The minimum atomic E-state index is 0.235. The van der Waals surface area contributed by atoms with E-state index in [0.29, 0.717) is 4.83 Å². The molecule has 0 spiro atoms. The Morgan fingerprint density at radius 2 is 1.68 bits per heavy atom. The molecule has 1 heterocycles. The second-order valence-electron chi connectivity index (χ2n) is 6.16. The summed E-state index contributed by atoms with van der Waals surface area (Å²) < 4.78 is 0. The molecule has 0 aliphatic heterocycles. The van der Waals surface area contributed by atoms with Gasteiger partial charge in [-0.15, -0.1) is 11.3 Å². The summed E-state index contributed by atoms with van der Waals surface area (Å²) in [4.78, 5) is 3.12. The van der Waals surface area contributed by atoms with Gasteiger partial charge in [-0.1, -0.05) is 54.9 Å². The summed E-state index contributed by atoms with van der Waals surface area (Å²) in [5, 5.41) is 0. The zero-order chi connectivity index (χ0) is 14.2. The lowest BCUT2D eigenvalue weighted by Gasteiger charge is -2.16. The van der Waals surface area contributed by atoms with Gasteiger partial charge >= 0.3 is 0 Å². The Labute approximate surface area is 129 Å². The quantitative estimate of drug-likeness (QED) is 0.577. The Morgan fingerprint density at radius 3 is 2.21 bits per heavy atom. The zero-order valence-electron chi connectivity index (χ0n) is 12.3. The molecule has 2 aromatic rings. The number of alkyl halides is 1. The molecule has 1 unspecified atom stereocenters. The van der Waals surface area contributed by atoms with Crippen LogP contribution in [0.2, 0.25) is 0 Å². The first-order valence-corrected chi connectivity index (χ1v) is 8.33. The molecule has 0 aliphatic carbocycles. The number of hydrogen-bond donors (Lipinski definition) is 0. The molecule has 102 valence electrons. The predicted octanol–water partition coefficient (Wildman–Crippen LogP) is 6.15. The fourth-order valence-electron chi connectivity index (χ4n) is 1.98. The van der Waals surface area contributed by atoms with Crippen molar-refractivity contribution in [2.75, 3.05) is 0 Å². The van der Waals surface area contributed by atoms with Gasteiger partial charge in [-0.3, -0.25) is 0 Å². The molecule has 2 rings (SSSR count). The van der Waals surface area contributed by atoms with E-state index in [1.165, 1.54) is 26.4 Å². The summed E-state index contributed by atoms with van der Waals surface area (Å²) in [6.07, 6.45) is 0. The molecule has 19 heavy (non-hydrogen) atoms. The lowest BCUT2D eigenvalue weighted by molar-refractivity contribution is 0.604. The van der Waals surface area contributed by atoms with Gasteiger partial charge in [-0.2, -0.15) is 0 Å². The van der Waals surface area contributed by atoms with E-state index in [0.717, 1.165) is 0 Å². The maximum Gasteiger partial charge on any atom is 0.0738 e. The molecule has 0 bridgehead atoms. The number of hydrogen-bond acceptors (Lipinski definition) is 1. The van der Waals surface area contributed by atoms with Crippen molar-refractivity contribution in [1.29, 1.82) is 0 Å². The Bertz CT molecular complexity index is 575. The molecule has 0 aliphatic rings. The average Bonchev–Trinajstić information content (AvgIpc) is 2.81. The highest BCUT2D eigenvalue weighted by Crippen LogP contribution is 2.39. The van der Waals surface area contributed by atoms with Crippen LogP contribution in [0.4, 0.5) is 0 Å². The molecule has 1 aromatic heterocycles. The summed E-state index contributed by atoms with van der Waals surface area (Å²) >= 11 is 5.75. The van der Waals surface area contributed by atoms with Crippen molar-refractivity contribution < 1.29 is 0 Å². The lowest BCUT2D eigenvalue weighted by Crippen LogP contribution is -2.07. The Morgan fingerprint density at radius 1 is 1.00 bits per heavy atom. The van der Waals surface area contributed by atoms with Gasteiger partial charge in [-0.25, -0.2) is 0 Å². The second kappa shape index (κ2) is 5.41. The summed E-state index contributed by atoms with van der Waals surface area (Å²) in [6.45, 7) is 11.1. The van der Waals surface area contributed by atoms with Gasteiger partial charge in [0.05, 0.1) is 4.83 Å². The van der Waals surface area contributed by atoms with Gasteiger partial charge in [0.2, 0.25) is 0 Å². The highest BCUT2D eigenvalue weighted by molar-refractivity contribution is 9.09. The SMILES string of the molecule is Cc1ccc(C(Br)c2ccc(C(C)(C)C)s2)cc1C. The third-order valence-electron chi connectivity index (χ3n) is 3.44. The number of benzene rings is 1. The summed E-state index contributed by atoms with van der Waals surface area (Å²) in [5.41, 5.74) is 4.28. The first kappa shape index (κ1) is 14.8. The molecule has 0 saturated heterocycles. The molecule has 0 amide bonds. The largest absolute Gasteiger partial charge is 0.143 e. The Balaban J connectivity index is 2.31. The molecule has 2 heteroatoms. The maximum absolute atomic E-state index is 3.84. The second-order valence-corrected chi connectivity index (χ2v) is 8.19. The summed E-state index contributed by atoms with van der Waals surface area (Å²) in [6, 6.07) is 11.2. The number of thiophene rings is 1. The Kier molecular flexibility index (Phi) is 4.22. The molecular weight excluding hydrogens is 316 g/mol. The van der Waals surface area contributed by atoms with E-state index in [1.807, 2.05) is 11.3 Å². The monoisotopic (exact) mass is 336 g/mol. The first-order valence-electron chi connectivity index (χ1n) is 6.60. The van der Waals surface area contributed by atoms with Crippen LogP contribution >= 0.6 is 27.3 Å². The van der Waals surface area contributed by atoms with Gasteiger partial charge in [0.1, 0.15) is 0 Å². The standard InChI is InChI=1S/C17H21BrS/c1-11-6-7-13(10-12(11)2)16(18)14-8-9-15(19-14)17(3,4)5/h6-10,16H,1-5H3. The number of rotatable bonds is 2. The lowest BCUT2D eigenvalue weighted by atomic mass is 9.95. The van der Waals surface area contributed by atoms with Crippen LogP contribution in [0.5, 0.6) is 0 Å². The smallest absolute Gasteiger partial charge is 0.0738 e. The van der Waals surface area contributed by atoms with Gasteiger partial charge in [-0.05, 0) is 48.1 Å². The molecule has 0 radical (unpaired) electrons. The van der Waals surface area contributed by atoms with E-state index < -0.39 is 0 Å². The molecule has 0 N–H and O–H groups in total. The fraction of sp³-hybridized carbons (Fsp3) is 0.412. The van der Waals surface area contributed by atoms with Crippen LogP contribution in [0.3, 0.4) is 0 Å². The van der Waals surface area contributed by atoms with Crippen molar-refractivity contribution >= 4 is 27.3 Å². The van der Waals surface area contributed by atoms with E-state index in [9.17, 15) is 0 Å². The van der Waals surface area contributed by atoms with E-state index in [2.05, 4.69) is 80.9 Å². The number of aryl methyl sites for hydroxylation is 2. The van der Waals surface area contributed by atoms with Gasteiger partial charge in [0.25, 0.3) is 0 Å². The van der Waals surface area contributed by atoms with Crippen LogP contribution in [-0.2, 0) is 5.41 Å². The molecule has 0 nitrogen and oxygen atoms in total. The molecule has 1 atom stereocenters. The van der Waals surface area contributed by atoms with Gasteiger partial charge in [0.15, 0.2) is 0 Å². The van der Waals surface area contributed by atoms with Crippen molar-refractivity contribution in [2.45, 2.75) is 44.9 Å². The average molecular weight is 337 g/mol. The van der Waals surface area contributed by atoms with Crippen LogP contribution in [0.1, 0.15) is 52.0 Å². The molecule has 0 saturated carbocycles. The highest BCUT2D eigenvalue weighted by atomic mass is 79.9. The van der Waals surface area contributed by atoms with Crippen molar-refractivity contribution in [3.63, 3.8) is 0 Å². The minimum absolute atomic E-state index is 0.235. The topological polar surface area (TPSA) is 0 Å². The van der Waals surface area contributed by atoms with E-state index in [4.69, 9.17) is 0 Å². The van der Waals surface area contributed by atoms with Crippen LogP contribution in [-0.4, -0.2) is 0 Å². The van der Waals surface area contributed by atoms with E-state index in [-0.39, 0.29) is 5.41 Å². The fourth-order valence-corrected chi connectivity index (χ4v) is 3.77. The normalized spacial score (nSPS) is 13.6. The maximum atomic E-state index is 3.84. The van der Waals surface area contributed by atoms with Crippen molar-refractivity contribution in [3.05, 3.63) is 56.8 Å². The number of halogens is 1. The van der Waals surface area contributed by atoms with Crippen LogP contribution < -0.4 is 0 Å². The van der Waals surface area contributed by atoms with Crippen molar-refractivity contribution in [2.24, 2.45) is 0 Å². The third-order valence-corrected chi connectivity index (χ3v) is 6.34. The molecule has 0 fully saturated rings. The van der Waals surface area contributed by atoms with Crippen LogP contribution in [0.25, 0.3) is 0 Å². The Hall–Kier alpha value is -0.600. The zero-order valence-corrected chi connectivity index (χ0v) is 14.7. The summed E-state index contributed by atoms with van der Waals surface area (Å²) in [7, 11) is 0. The van der Waals surface area contributed by atoms with Crippen LogP contribution in [0.15, 0.2) is 30.3 Å². The third kappa shape index (κ3) is 3.29.